The molecule has 2 aromatic heterocycles. The van der Waals surface area contributed by atoms with Crippen LogP contribution in [0.15, 0.2) is 24.7 Å². The Bertz CT molecular complexity index is 1260. The highest BCUT2D eigenvalue weighted by atomic mass is 19.1. The summed E-state index contributed by atoms with van der Waals surface area (Å²) in [5.74, 6) is 1.59. The van der Waals surface area contributed by atoms with Crippen molar-refractivity contribution >= 4 is 17.5 Å². The number of nitrogens with one attached hydrogen (secondary N) is 1. The third-order valence-electron chi connectivity index (χ3n) is 7.80. The van der Waals surface area contributed by atoms with Gasteiger partial charge in [-0.05, 0) is 63.2 Å². The summed E-state index contributed by atoms with van der Waals surface area (Å²) in [6, 6.07) is 3.15. The Morgan fingerprint density at radius 3 is 2.92 bits per heavy atom. The molecule has 190 valence electrons. The molecule has 3 aliphatic rings. The molecule has 5 heterocycles. The van der Waals surface area contributed by atoms with Crippen LogP contribution >= 0.6 is 0 Å². The number of aromatic nitrogens is 4. The lowest BCUT2D eigenvalue weighted by Gasteiger charge is -2.24. The van der Waals surface area contributed by atoms with Crippen LogP contribution < -0.4 is 10.1 Å². The number of rotatable bonds is 6. The molecule has 3 aromatic rings. The highest BCUT2D eigenvalue weighted by Crippen LogP contribution is 2.32. The van der Waals surface area contributed by atoms with Crippen LogP contribution in [0.2, 0.25) is 0 Å². The molecule has 10 heteroatoms. The molecule has 1 amide bonds. The molecule has 1 atom stereocenters. The Labute approximate surface area is 209 Å². The topological polar surface area (TPSA) is 87.9 Å². The molecule has 9 nitrogen and oxygen atoms in total. The Hall–Kier alpha value is -3.27. The van der Waals surface area contributed by atoms with Crippen LogP contribution in [-0.2, 0) is 17.8 Å². The number of carbonyl (C=O) groups excluding carboxylic acids is 1. The first-order chi connectivity index (χ1) is 17.7. The van der Waals surface area contributed by atoms with Gasteiger partial charge in [0.2, 0.25) is 11.9 Å². The summed E-state index contributed by atoms with van der Waals surface area (Å²) in [5.41, 5.74) is 3.34. The van der Waals surface area contributed by atoms with Gasteiger partial charge in [0.25, 0.3) is 0 Å². The van der Waals surface area contributed by atoms with Crippen molar-refractivity contribution in [1.29, 1.82) is 0 Å². The molecule has 0 bridgehead atoms. The second-order valence-electron chi connectivity index (χ2n) is 10.0. The largest absolute Gasteiger partial charge is 0.493 e. The van der Waals surface area contributed by atoms with Gasteiger partial charge in [0, 0.05) is 48.9 Å². The first kappa shape index (κ1) is 23.1. The number of hydrogen-bond donors (Lipinski definition) is 1. The number of likely N-dealkylation sites (tertiary alicyclic amines) is 2. The van der Waals surface area contributed by atoms with Gasteiger partial charge in [-0.3, -0.25) is 14.1 Å². The minimum absolute atomic E-state index is 0.243. The summed E-state index contributed by atoms with van der Waals surface area (Å²) >= 11 is 0. The predicted molar refractivity (Wildman–Crippen MR) is 133 cm³/mol. The minimum atomic E-state index is -0.245. The normalized spacial score (nSPS) is 20.4. The number of fused-ring (bicyclic) bond motifs is 2. The number of carbonyl (C=O) groups is 1. The first-order valence-electron chi connectivity index (χ1n) is 13.0. The molecule has 1 aromatic carbocycles. The zero-order valence-corrected chi connectivity index (χ0v) is 20.5. The van der Waals surface area contributed by atoms with Gasteiger partial charge in [-0.2, -0.15) is 0 Å². The molecular weight excluding hydrogens is 461 g/mol. The molecule has 0 aliphatic carbocycles. The molecule has 0 unspecified atom stereocenters. The SMILES string of the molecule is O=C(CN1CCCC1)N1CCC[C@@H](c2cnc(NCc3c(F)ccc4c3CCO4)n3cnnc23)CC1. The number of amides is 1. The molecular formula is C26H32FN7O2. The van der Waals surface area contributed by atoms with E-state index in [-0.39, 0.29) is 17.6 Å². The van der Waals surface area contributed by atoms with Gasteiger partial charge in [0.1, 0.15) is 17.9 Å². The lowest BCUT2D eigenvalue weighted by molar-refractivity contribution is -0.132. The zero-order valence-electron chi connectivity index (χ0n) is 20.5. The van der Waals surface area contributed by atoms with E-state index in [1.54, 1.807) is 12.4 Å². The fourth-order valence-corrected chi connectivity index (χ4v) is 5.82. The van der Waals surface area contributed by atoms with Crippen LogP contribution in [0.3, 0.4) is 0 Å². The summed E-state index contributed by atoms with van der Waals surface area (Å²) in [5, 5.41) is 11.8. The molecule has 36 heavy (non-hydrogen) atoms. The Morgan fingerprint density at radius 1 is 1.14 bits per heavy atom. The van der Waals surface area contributed by atoms with Crippen molar-refractivity contribution in [3.05, 3.63) is 47.2 Å². The van der Waals surface area contributed by atoms with E-state index in [0.717, 1.165) is 68.0 Å². The van der Waals surface area contributed by atoms with Gasteiger partial charge in [-0.1, -0.05) is 0 Å². The summed E-state index contributed by atoms with van der Waals surface area (Å²) < 4.78 is 22.0. The van der Waals surface area contributed by atoms with Crippen molar-refractivity contribution in [3.63, 3.8) is 0 Å². The van der Waals surface area contributed by atoms with Gasteiger partial charge < -0.3 is 15.0 Å². The summed E-state index contributed by atoms with van der Waals surface area (Å²) in [7, 11) is 0. The fourth-order valence-electron chi connectivity index (χ4n) is 5.82. The number of ether oxygens (including phenoxy) is 1. The smallest absolute Gasteiger partial charge is 0.236 e. The molecule has 2 saturated heterocycles. The van der Waals surface area contributed by atoms with E-state index in [9.17, 15) is 9.18 Å². The van der Waals surface area contributed by atoms with Crippen molar-refractivity contribution in [2.24, 2.45) is 0 Å². The lowest BCUT2D eigenvalue weighted by Crippen LogP contribution is -2.39. The zero-order chi connectivity index (χ0) is 24.5. The Kier molecular flexibility index (Phi) is 6.43. The average molecular weight is 494 g/mol. The quantitative estimate of drug-likeness (QED) is 0.565. The Balaban J connectivity index is 1.16. The van der Waals surface area contributed by atoms with Crippen LogP contribution in [0, 0.1) is 5.82 Å². The molecule has 6 rings (SSSR count). The second-order valence-corrected chi connectivity index (χ2v) is 10.0. The van der Waals surface area contributed by atoms with Crippen molar-refractivity contribution in [3.8, 4) is 5.75 Å². The van der Waals surface area contributed by atoms with Crippen molar-refractivity contribution in [2.75, 3.05) is 44.6 Å². The highest BCUT2D eigenvalue weighted by molar-refractivity contribution is 5.78. The van der Waals surface area contributed by atoms with E-state index in [1.807, 2.05) is 15.5 Å². The van der Waals surface area contributed by atoms with Crippen LogP contribution in [0.25, 0.3) is 5.65 Å². The van der Waals surface area contributed by atoms with Crippen molar-refractivity contribution < 1.29 is 13.9 Å². The number of hydrogen-bond acceptors (Lipinski definition) is 7. The summed E-state index contributed by atoms with van der Waals surface area (Å²) in [6.45, 7) is 5.04. The Morgan fingerprint density at radius 2 is 2.03 bits per heavy atom. The number of nitrogens with zero attached hydrogens (tertiary/aromatic N) is 6. The van der Waals surface area contributed by atoms with Crippen molar-refractivity contribution in [1.82, 2.24) is 29.4 Å². The van der Waals surface area contributed by atoms with Gasteiger partial charge in [-0.15, -0.1) is 10.2 Å². The van der Waals surface area contributed by atoms with Crippen molar-refractivity contribution in [2.45, 2.75) is 51.0 Å². The van der Waals surface area contributed by atoms with Gasteiger partial charge >= 0.3 is 0 Å². The summed E-state index contributed by atoms with van der Waals surface area (Å²) in [4.78, 5) is 21.8. The lowest BCUT2D eigenvalue weighted by atomic mass is 9.94. The van der Waals surface area contributed by atoms with Crippen LogP contribution in [-0.4, -0.2) is 74.6 Å². The third-order valence-corrected chi connectivity index (χ3v) is 7.80. The fraction of sp³-hybridized carbons (Fsp3) is 0.538. The molecule has 3 aliphatic heterocycles. The van der Waals surface area contributed by atoms with Gasteiger partial charge in [0.05, 0.1) is 13.2 Å². The number of benzene rings is 1. The van der Waals surface area contributed by atoms with Gasteiger partial charge in [0.15, 0.2) is 5.65 Å². The van der Waals surface area contributed by atoms with E-state index < -0.39 is 0 Å². The highest BCUT2D eigenvalue weighted by Gasteiger charge is 2.26. The van der Waals surface area contributed by atoms with E-state index in [0.29, 0.717) is 37.6 Å². The van der Waals surface area contributed by atoms with E-state index in [2.05, 4.69) is 25.4 Å². The molecule has 2 fully saturated rings. The monoisotopic (exact) mass is 493 g/mol. The van der Waals surface area contributed by atoms with E-state index in [1.165, 1.54) is 18.9 Å². The van der Waals surface area contributed by atoms with E-state index in [4.69, 9.17) is 4.74 Å². The number of halogens is 1. The van der Waals surface area contributed by atoms with Crippen LogP contribution in [0.4, 0.5) is 10.3 Å². The molecule has 0 spiro atoms. The number of anilines is 1. The second kappa shape index (κ2) is 10.0. The maximum atomic E-state index is 14.6. The minimum Gasteiger partial charge on any atom is -0.493 e. The van der Waals surface area contributed by atoms with Crippen LogP contribution in [0.1, 0.15) is 54.7 Å². The third kappa shape index (κ3) is 4.50. The summed E-state index contributed by atoms with van der Waals surface area (Å²) in [6.07, 6.45) is 9.42. The van der Waals surface area contributed by atoms with Crippen LogP contribution in [0.5, 0.6) is 5.75 Å². The predicted octanol–water partition coefficient (Wildman–Crippen LogP) is 3.00. The molecule has 0 saturated carbocycles. The average Bonchev–Trinajstić information content (AvgIpc) is 3.64. The maximum Gasteiger partial charge on any atom is 0.236 e. The first-order valence-corrected chi connectivity index (χ1v) is 13.0. The molecule has 0 radical (unpaired) electrons. The molecule has 1 N–H and O–H groups in total. The standard InChI is InChI=1S/C26H32FN7O2/c27-22-5-6-23-19(8-13-36-23)21(22)15-29-26-28-14-20(25-31-30-17-34(25)26)18-4-3-11-33(12-7-18)24(35)16-32-9-1-2-10-32/h5-6,14,17-18H,1-4,7-13,15-16H2,(H,28,29)/t18-/m1/s1. The maximum absolute atomic E-state index is 14.6. The van der Waals surface area contributed by atoms with Gasteiger partial charge in [-0.25, -0.2) is 9.37 Å². The van der Waals surface area contributed by atoms with E-state index >= 15 is 0 Å².